The molecular formula is C21H27F3N4O4. The van der Waals surface area contributed by atoms with Crippen molar-refractivity contribution < 1.29 is 32.6 Å². The van der Waals surface area contributed by atoms with Crippen molar-refractivity contribution in [2.45, 2.75) is 44.0 Å². The lowest BCUT2D eigenvalue weighted by Crippen LogP contribution is -2.61. The minimum absolute atomic E-state index is 0.0196. The van der Waals surface area contributed by atoms with Gasteiger partial charge in [-0.2, -0.15) is 13.2 Å². The second-order valence-electron chi connectivity index (χ2n) is 8.07. The Morgan fingerprint density at radius 2 is 1.97 bits per heavy atom. The number of halogens is 3. The highest BCUT2D eigenvalue weighted by Gasteiger charge is 2.40. The van der Waals surface area contributed by atoms with Gasteiger partial charge in [-0.05, 0) is 31.6 Å². The number of hydrogen-bond donors (Lipinski definition) is 1. The number of carboxylic acids is 1. The van der Waals surface area contributed by atoms with E-state index in [1.54, 1.807) is 18.6 Å². The average molecular weight is 456 g/mol. The van der Waals surface area contributed by atoms with Gasteiger partial charge in [0.1, 0.15) is 5.69 Å². The third-order valence-corrected chi connectivity index (χ3v) is 5.85. The average Bonchev–Trinajstić information content (AvgIpc) is 2.79. The number of hydrogen-bond acceptors (Lipinski definition) is 6. The Kier molecular flexibility index (Phi) is 8.19. The highest BCUT2D eigenvalue weighted by Crippen LogP contribution is 2.27. The quantitative estimate of drug-likeness (QED) is 0.698. The van der Waals surface area contributed by atoms with Crippen LogP contribution in [-0.2, 0) is 9.53 Å². The number of carbonyl (C=O) groups is 2. The number of aromatic nitrogens is 2. The number of ether oxygens (including phenoxy) is 1. The number of likely N-dealkylation sites (tertiary alicyclic amines) is 1. The Labute approximate surface area is 184 Å². The summed E-state index contributed by atoms with van der Waals surface area (Å²) < 4.78 is 37.7. The molecule has 3 heterocycles. The number of carbonyl (C=O) groups excluding carboxylic acids is 1. The fraction of sp³-hybridized carbons (Fsp3) is 0.619. The maximum absolute atomic E-state index is 12.9. The molecule has 32 heavy (non-hydrogen) atoms. The van der Waals surface area contributed by atoms with Crippen molar-refractivity contribution in [2.75, 3.05) is 32.8 Å². The molecule has 0 radical (unpaired) electrons. The lowest BCUT2D eigenvalue weighted by molar-refractivity contribution is -0.192. The summed E-state index contributed by atoms with van der Waals surface area (Å²) >= 11 is 0. The zero-order valence-electron chi connectivity index (χ0n) is 17.6. The summed E-state index contributed by atoms with van der Waals surface area (Å²) in [6, 6.07) is 0.121. The summed E-state index contributed by atoms with van der Waals surface area (Å²) in [5.74, 6) is -2.03. The number of amides is 1. The molecular weight excluding hydrogens is 429 g/mol. The van der Waals surface area contributed by atoms with Gasteiger partial charge in [-0.3, -0.25) is 9.78 Å². The number of aliphatic carboxylic acids is 1. The van der Waals surface area contributed by atoms with Gasteiger partial charge in [0.2, 0.25) is 0 Å². The highest BCUT2D eigenvalue weighted by molar-refractivity contribution is 5.92. The molecule has 4 rings (SSSR count). The lowest BCUT2D eigenvalue weighted by atomic mass is 9.92. The third kappa shape index (κ3) is 6.49. The van der Waals surface area contributed by atoms with Crippen LogP contribution in [0.15, 0.2) is 30.7 Å². The molecule has 8 nitrogen and oxygen atoms in total. The molecule has 0 bridgehead atoms. The number of rotatable bonds is 3. The number of carboxylic acid groups (broad SMARTS) is 1. The van der Waals surface area contributed by atoms with Gasteiger partial charge < -0.3 is 19.6 Å². The molecule has 0 aromatic carbocycles. The van der Waals surface area contributed by atoms with Gasteiger partial charge in [0.15, 0.2) is 0 Å². The third-order valence-electron chi connectivity index (χ3n) is 5.85. The van der Waals surface area contributed by atoms with E-state index in [0.29, 0.717) is 18.8 Å². The Morgan fingerprint density at radius 1 is 1.19 bits per heavy atom. The van der Waals surface area contributed by atoms with E-state index in [0.717, 1.165) is 32.0 Å². The van der Waals surface area contributed by atoms with E-state index in [2.05, 4.69) is 27.0 Å². The number of allylic oxidation sites excluding steroid dienone is 2. The lowest BCUT2D eigenvalue weighted by Gasteiger charge is -2.47. The van der Waals surface area contributed by atoms with Crippen molar-refractivity contribution in [1.29, 1.82) is 0 Å². The monoisotopic (exact) mass is 456 g/mol. The fourth-order valence-corrected chi connectivity index (χ4v) is 4.30. The van der Waals surface area contributed by atoms with Crippen LogP contribution in [-0.4, -0.2) is 87.9 Å². The smallest absolute Gasteiger partial charge is 0.475 e. The topological polar surface area (TPSA) is 95.9 Å². The molecule has 3 atom stereocenters. The number of alkyl halides is 3. The Hall–Kier alpha value is -2.53. The van der Waals surface area contributed by atoms with Crippen LogP contribution >= 0.6 is 0 Å². The first kappa shape index (κ1) is 24.1. The zero-order chi connectivity index (χ0) is 23.1. The second kappa shape index (κ2) is 10.9. The predicted molar refractivity (Wildman–Crippen MR) is 108 cm³/mol. The molecule has 1 aliphatic carbocycles. The standard InChI is InChI=1S/C19H26N4O2.C2HF3O2/c24-19(16-12-20-7-8-21-16)23-10-11-25-18-6-9-22(14-17(18)23)13-15-4-2-1-3-5-15;3-2(4,5)1(6)7/h1-2,7-8,12,15,17-18H,3-6,9-11,13-14H2;(H,6,7)/t15?,17-,18-;/m0./s1. The van der Waals surface area contributed by atoms with Crippen molar-refractivity contribution in [3.63, 3.8) is 0 Å². The van der Waals surface area contributed by atoms with Gasteiger partial charge in [0.25, 0.3) is 5.91 Å². The minimum atomic E-state index is -5.08. The first-order valence-electron chi connectivity index (χ1n) is 10.6. The van der Waals surface area contributed by atoms with E-state index in [1.165, 1.54) is 19.3 Å². The van der Waals surface area contributed by atoms with Crippen molar-refractivity contribution in [1.82, 2.24) is 19.8 Å². The van der Waals surface area contributed by atoms with Crippen LogP contribution in [0, 0.1) is 5.92 Å². The molecule has 11 heteroatoms. The van der Waals surface area contributed by atoms with Crippen LogP contribution in [0.2, 0.25) is 0 Å². The SMILES string of the molecule is O=C(O)C(F)(F)F.O=C(c1cnccn1)N1CCO[C@H]2CCN(CC3CC=CCC3)C[C@@H]21. The second-order valence-corrected chi connectivity index (χ2v) is 8.07. The Morgan fingerprint density at radius 3 is 2.59 bits per heavy atom. The van der Waals surface area contributed by atoms with E-state index in [1.807, 2.05) is 4.90 Å². The molecule has 0 spiro atoms. The molecule has 2 saturated heterocycles. The van der Waals surface area contributed by atoms with Crippen LogP contribution in [0.25, 0.3) is 0 Å². The van der Waals surface area contributed by atoms with Crippen molar-refractivity contribution in [3.05, 3.63) is 36.4 Å². The van der Waals surface area contributed by atoms with Crippen molar-refractivity contribution in [2.24, 2.45) is 5.92 Å². The molecule has 176 valence electrons. The van der Waals surface area contributed by atoms with Crippen molar-refractivity contribution in [3.8, 4) is 0 Å². The summed E-state index contributed by atoms with van der Waals surface area (Å²) in [4.78, 5) is 34.5. The van der Waals surface area contributed by atoms with Crippen LogP contribution in [0.5, 0.6) is 0 Å². The fourth-order valence-electron chi connectivity index (χ4n) is 4.30. The normalized spacial score (nSPS) is 26.0. The highest BCUT2D eigenvalue weighted by atomic mass is 19.4. The van der Waals surface area contributed by atoms with Gasteiger partial charge in [0, 0.05) is 38.6 Å². The summed E-state index contributed by atoms with van der Waals surface area (Å²) in [7, 11) is 0. The number of morpholine rings is 1. The van der Waals surface area contributed by atoms with Gasteiger partial charge >= 0.3 is 12.1 Å². The summed E-state index contributed by atoms with van der Waals surface area (Å²) in [5, 5.41) is 7.12. The van der Waals surface area contributed by atoms with Crippen LogP contribution in [0.1, 0.15) is 36.2 Å². The van der Waals surface area contributed by atoms with E-state index < -0.39 is 12.1 Å². The molecule has 3 aliphatic rings. The van der Waals surface area contributed by atoms with Gasteiger partial charge in [-0.25, -0.2) is 9.78 Å². The number of fused-ring (bicyclic) bond motifs is 1. The molecule has 1 N–H and O–H groups in total. The molecule has 1 aromatic heterocycles. The van der Waals surface area contributed by atoms with E-state index in [9.17, 15) is 18.0 Å². The summed E-state index contributed by atoms with van der Waals surface area (Å²) in [5.41, 5.74) is 0.428. The Bertz CT molecular complexity index is 806. The summed E-state index contributed by atoms with van der Waals surface area (Å²) in [6.07, 6.45) is 9.06. The van der Waals surface area contributed by atoms with Crippen LogP contribution in [0.3, 0.4) is 0 Å². The molecule has 1 unspecified atom stereocenters. The molecule has 2 fully saturated rings. The largest absolute Gasteiger partial charge is 0.490 e. The predicted octanol–water partition coefficient (Wildman–Crippen LogP) is 2.38. The van der Waals surface area contributed by atoms with Gasteiger partial charge in [-0.1, -0.05) is 12.2 Å². The number of piperidine rings is 1. The van der Waals surface area contributed by atoms with Gasteiger partial charge in [0.05, 0.1) is 24.9 Å². The summed E-state index contributed by atoms with van der Waals surface area (Å²) in [6.45, 7) is 4.34. The molecule has 1 amide bonds. The maximum atomic E-state index is 12.9. The van der Waals surface area contributed by atoms with Crippen LogP contribution < -0.4 is 0 Å². The first-order chi connectivity index (χ1) is 15.3. The van der Waals surface area contributed by atoms with Crippen LogP contribution in [0.4, 0.5) is 13.2 Å². The number of nitrogens with zero attached hydrogens (tertiary/aromatic N) is 4. The van der Waals surface area contributed by atoms with Gasteiger partial charge in [-0.15, -0.1) is 0 Å². The molecule has 2 aliphatic heterocycles. The minimum Gasteiger partial charge on any atom is -0.475 e. The maximum Gasteiger partial charge on any atom is 0.490 e. The zero-order valence-corrected chi connectivity index (χ0v) is 17.6. The first-order valence-corrected chi connectivity index (χ1v) is 10.6. The van der Waals surface area contributed by atoms with E-state index >= 15 is 0 Å². The van der Waals surface area contributed by atoms with Crippen molar-refractivity contribution >= 4 is 11.9 Å². The van der Waals surface area contributed by atoms with E-state index in [4.69, 9.17) is 14.6 Å². The molecule has 1 aromatic rings. The molecule has 0 saturated carbocycles. The van der Waals surface area contributed by atoms with E-state index in [-0.39, 0.29) is 18.1 Å². The Balaban J connectivity index is 0.000000360.